The largest absolute Gasteiger partial charge is 0.354 e. The van der Waals surface area contributed by atoms with E-state index in [0.717, 1.165) is 11.3 Å². The van der Waals surface area contributed by atoms with Crippen molar-refractivity contribution < 1.29 is 13.2 Å². The van der Waals surface area contributed by atoms with Crippen LogP contribution in [0.5, 0.6) is 0 Å². The molecule has 0 saturated heterocycles. The Labute approximate surface area is 157 Å². The molecule has 0 bridgehead atoms. The molecule has 0 atom stereocenters. The number of benzene rings is 2. The van der Waals surface area contributed by atoms with Crippen molar-refractivity contribution in [3.05, 3.63) is 77.0 Å². The summed E-state index contributed by atoms with van der Waals surface area (Å²) in [6.07, 6.45) is 3.78. The van der Waals surface area contributed by atoms with E-state index in [1.807, 2.05) is 36.4 Å². The van der Waals surface area contributed by atoms with Gasteiger partial charge in [-0.2, -0.15) is 5.10 Å². The zero-order valence-corrected chi connectivity index (χ0v) is 15.4. The summed E-state index contributed by atoms with van der Waals surface area (Å²) in [5, 5.41) is 7.42. The number of nitrogens with zero attached hydrogens (tertiary/aromatic N) is 1. The molecule has 6 nitrogen and oxygen atoms in total. The lowest BCUT2D eigenvalue weighted by atomic mass is 9.98. The number of hydrogen-bond acceptors (Lipinski definition) is 5. The van der Waals surface area contributed by atoms with Gasteiger partial charge in [0.15, 0.2) is 9.84 Å². The topological polar surface area (TPSA) is 87.6 Å². The van der Waals surface area contributed by atoms with Crippen LogP contribution in [0.15, 0.2) is 75.9 Å². The molecule has 0 radical (unpaired) electrons. The molecule has 2 aliphatic heterocycles. The Balaban J connectivity index is 1.73. The summed E-state index contributed by atoms with van der Waals surface area (Å²) in [4.78, 5) is 12.6. The first-order valence-electron chi connectivity index (χ1n) is 8.49. The molecule has 1 amide bonds. The molecule has 0 unspecified atom stereocenters. The maximum Gasteiger partial charge on any atom is 0.275 e. The van der Waals surface area contributed by atoms with E-state index in [0.29, 0.717) is 22.5 Å². The fourth-order valence-electron chi connectivity index (χ4n) is 3.03. The summed E-state index contributed by atoms with van der Waals surface area (Å²) in [6, 6.07) is 14.2. The highest BCUT2D eigenvalue weighted by atomic mass is 32.2. The lowest BCUT2D eigenvalue weighted by Gasteiger charge is -2.17. The SMILES string of the molecule is CCS(=O)(=O)c1ccc(C2=NNC(=O)C2=C2C=Cc3ccccc3N2)cc1. The molecule has 0 spiro atoms. The van der Waals surface area contributed by atoms with Gasteiger partial charge in [0.2, 0.25) is 0 Å². The van der Waals surface area contributed by atoms with Crippen LogP contribution in [0.2, 0.25) is 0 Å². The van der Waals surface area contributed by atoms with Gasteiger partial charge in [-0.1, -0.05) is 43.3 Å². The monoisotopic (exact) mass is 379 g/mol. The van der Waals surface area contributed by atoms with Gasteiger partial charge in [0.1, 0.15) is 5.71 Å². The number of para-hydroxylation sites is 1. The van der Waals surface area contributed by atoms with Gasteiger partial charge in [-0.25, -0.2) is 13.8 Å². The average Bonchev–Trinajstić information content (AvgIpc) is 3.09. The molecule has 136 valence electrons. The normalized spacial score (nSPS) is 18.6. The van der Waals surface area contributed by atoms with Crippen LogP contribution < -0.4 is 10.7 Å². The summed E-state index contributed by atoms with van der Waals surface area (Å²) < 4.78 is 24.0. The highest BCUT2D eigenvalue weighted by molar-refractivity contribution is 7.91. The number of anilines is 1. The Morgan fingerprint density at radius 3 is 2.48 bits per heavy atom. The van der Waals surface area contributed by atoms with Gasteiger partial charge in [-0.3, -0.25) is 4.79 Å². The first kappa shape index (κ1) is 17.2. The van der Waals surface area contributed by atoms with E-state index < -0.39 is 9.84 Å². The fraction of sp³-hybridized carbons (Fsp3) is 0.100. The summed E-state index contributed by atoms with van der Waals surface area (Å²) in [7, 11) is -3.27. The number of hydrazone groups is 1. The second-order valence-electron chi connectivity index (χ2n) is 6.16. The molecule has 2 aromatic rings. The standard InChI is InChI=1S/C20H17N3O3S/c1-2-27(25,26)15-10-7-14(8-11-15)19-18(20(24)23-22-19)17-12-9-13-5-3-4-6-16(13)21-17/h3-12,21H,2H2,1H3,(H,23,24). The van der Waals surface area contributed by atoms with Crippen molar-refractivity contribution in [3.63, 3.8) is 0 Å². The maximum absolute atomic E-state index is 12.4. The van der Waals surface area contributed by atoms with Gasteiger partial charge in [-0.05, 0) is 29.8 Å². The molecule has 0 saturated carbocycles. The van der Waals surface area contributed by atoms with Crippen LogP contribution in [0.25, 0.3) is 6.08 Å². The van der Waals surface area contributed by atoms with E-state index in [4.69, 9.17) is 0 Å². The Morgan fingerprint density at radius 1 is 1.00 bits per heavy atom. The highest BCUT2D eigenvalue weighted by Gasteiger charge is 2.28. The molecular formula is C20H17N3O3S. The molecule has 2 N–H and O–H groups in total. The lowest BCUT2D eigenvalue weighted by Crippen LogP contribution is -2.19. The molecule has 0 aliphatic carbocycles. The van der Waals surface area contributed by atoms with E-state index in [9.17, 15) is 13.2 Å². The number of carbonyl (C=O) groups excluding carboxylic acids is 1. The number of amides is 1. The zero-order chi connectivity index (χ0) is 19.0. The number of nitrogens with one attached hydrogen (secondary N) is 2. The van der Waals surface area contributed by atoms with E-state index in [1.54, 1.807) is 31.2 Å². The minimum Gasteiger partial charge on any atom is -0.354 e. The minimum absolute atomic E-state index is 0.0385. The predicted octanol–water partition coefficient (Wildman–Crippen LogP) is 2.71. The van der Waals surface area contributed by atoms with Gasteiger partial charge < -0.3 is 5.32 Å². The van der Waals surface area contributed by atoms with Crippen molar-refractivity contribution in [2.75, 3.05) is 11.1 Å². The van der Waals surface area contributed by atoms with Crippen molar-refractivity contribution in [3.8, 4) is 0 Å². The van der Waals surface area contributed by atoms with Crippen molar-refractivity contribution in [1.82, 2.24) is 5.43 Å². The van der Waals surface area contributed by atoms with Crippen LogP contribution in [0.3, 0.4) is 0 Å². The van der Waals surface area contributed by atoms with Crippen molar-refractivity contribution in [1.29, 1.82) is 0 Å². The number of allylic oxidation sites excluding steroid dienone is 1. The Bertz CT molecular complexity index is 1130. The average molecular weight is 379 g/mol. The molecule has 0 aromatic heterocycles. The zero-order valence-electron chi connectivity index (χ0n) is 14.6. The first-order valence-corrected chi connectivity index (χ1v) is 10.1. The number of rotatable bonds is 3. The van der Waals surface area contributed by atoms with Crippen LogP contribution in [0, 0.1) is 0 Å². The van der Waals surface area contributed by atoms with E-state index in [1.165, 1.54) is 0 Å². The highest BCUT2D eigenvalue weighted by Crippen LogP contribution is 2.28. The molecule has 7 heteroatoms. The molecule has 27 heavy (non-hydrogen) atoms. The van der Waals surface area contributed by atoms with Gasteiger partial charge in [0, 0.05) is 11.3 Å². The Hall–Kier alpha value is -3.19. The molecule has 2 heterocycles. The quantitative estimate of drug-likeness (QED) is 0.803. The third kappa shape index (κ3) is 3.06. The van der Waals surface area contributed by atoms with Gasteiger partial charge in [0.25, 0.3) is 5.91 Å². The molecule has 2 aliphatic rings. The smallest absolute Gasteiger partial charge is 0.275 e. The van der Waals surface area contributed by atoms with E-state index in [2.05, 4.69) is 15.8 Å². The van der Waals surface area contributed by atoms with E-state index in [-0.39, 0.29) is 16.6 Å². The molecule has 0 fully saturated rings. The Kier molecular flexibility index (Phi) is 4.16. The lowest BCUT2D eigenvalue weighted by molar-refractivity contribution is -0.116. The van der Waals surface area contributed by atoms with Crippen LogP contribution >= 0.6 is 0 Å². The van der Waals surface area contributed by atoms with Crippen molar-refractivity contribution in [2.24, 2.45) is 5.10 Å². The minimum atomic E-state index is -3.27. The molecule has 4 rings (SSSR count). The maximum atomic E-state index is 12.4. The van der Waals surface area contributed by atoms with Gasteiger partial charge >= 0.3 is 0 Å². The van der Waals surface area contributed by atoms with Gasteiger partial charge in [-0.15, -0.1) is 0 Å². The number of hydrogen-bond donors (Lipinski definition) is 2. The number of sulfone groups is 1. The third-order valence-electron chi connectivity index (χ3n) is 4.53. The van der Waals surface area contributed by atoms with Crippen LogP contribution in [-0.4, -0.2) is 25.8 Å². The van der Waals surface area contributed by atoms with Crippen molar-refractivity contribution >= 4 is 33.2 Å². The fourth-order valence-corrected chi connectivity index (χ4v) is 3.92. The first-order chi connectivity index (χ1) is 13.0. The summed E-state index contributed by atoms with van der Waals surface area (Å²) in [5.74, 6) is -0.265. The third-order valence-corrected chi connectivity index (χ3v) is 6.28. The van der Waals surface area contributed by atoms with Crippen molar-refractivity contribution in [2.45, 2.75) is 11.8 Å². The van der Waals surface area contributed by atoms with Crippen LogP contribution in [-0.2, 0) is 14.6 Å². The summed E-state index contributed by atoms with van der Waals surface area (Å²) in [5.41, 5.74) is 6.65. The van der Waals surface area contributed by atoms with Gasteiger partial charge in [0.05, 0.1) is 21.9 Å². The van der Waals surface area contributed by atoms with E-state index >= 15 is 0 Å². The molecule has 2 aromatic carbocycles. The second kappa shape index (κ2) is 6.51. The summed E-state index contributed by atoms with van der Waals surface area (Å²) >= 11 is 0. The number of fused-ring (bicyclic) bond motifs is 1. The Morgan fingerprint density at radius 2 is 1.74 bits per heavy atom. The predicted molar refractivity (Wildman–Crippen MR) is 105 cm³/mol. The summed E-state index contributed by atoms with van der Waals surface area (Å²) in [6.45, 7) is 1.61. The second-order valence-corrected chi connectivity index (χ2v) is 8.44. The molecular weight excluding hydrogens is 362 g/mol. The number of carbonyl (C=O) groups is 1. The van der Waals surface area contributed by atoms with Crippen LogP contribution in [0.4, 0.5) is 5.69 Å². The van der Waals surface area contributed by atoms with Crippen LogP contribution in [0.1, 0.15) is 18.1 Å².